The topological polar surface area (TPSA) is 86.4 Å². The van der Waals surface area contributed by atoms with Crippen LogP contribution in [0.25, 0.3) is 5.70 Å². The molecule has 1 saturated carbocycles. The van der Waals surface area contributed by atoms with Crippen LogP contribution in [0.5, 0.6) is 0 Å². The van der Waals surface area contributed by atoms with E-state index in [1.54, 1.807) is 18.3 Å². The normalized spacial score (nSPS) is 19.0. The number of nitrogens with zero attached hydrogens (tertiary/aromatic N) is 2. The Balaban J connectivity index is 1.50. The van der Waals surface area contributed by atoms with Crippen LogP contribution in [0.3, 0.4) is 0 Å². The number of aromatic nitrogens is 1. The van der Waals surface area contributed by atoms with E-state index < -0.39 is 34.5 Å². The van der Waals surface area contributed by atoms with Crippen molar-refractivity contribution in [3.63, 3.8) is 0 Å². The molecule has 7 nitrogen and oxygen atoms in total. The summed E-state index contributed by atoms with van der Waals surface area (Å²) >= 11 is 0. The molecule has 2 aliphatic rings. The van der Waals surface area contributed by atoms with Crippen molar-refractivity contribution in [1.29, 1.82) is 0 Å². The first-order valence-corrected chi connectivity index (χ1v) is 13.9. The number of alkyl halides is 2. The molecule has 1 aliphatic heterocycles. The van der Waals surface area contributed by atoms with Gasteiger partial charge in [0.25, 0.3) is 5.91 Å². The van der Waals surface area contributed by atoms with Gasteiger partial charge in [0.2, 0.25) is 11.8 Å². The predicted molar refractivity (Wildman–Crippen MR) is 152 cm³/mol. The van der Waals surface area contributed by atoms with Crippen molar-refractivity contribution in [1.82, 2.24) is 25.8 Å². The van der Waals surface area contributed by atoms with Gasteiger partial charge >= 0.3 is 0 Å². The second-order valence-electron chi connectivity index (χ2n) is 11.7. The highest BCUT2D eigenvalue weighted by atomic mass is 19.3. The second-order valence-corrected chi connectivity index (χ2v) is 11.7. The zero-order valence-corrected chi connectivity index (χ0v) is 24.1. The maximum Gasteiger partial charge on any atom is 0.251 e. The minimum atomic E-state index is -2.66. The molecule has 2 amide bonds. The van der Waals surface area contributed by atoms with Crippen LogP contribution in [0, 0.1) is 11.6 Å². The van der Waals surface area contributed by atoms with Crippen molar-refractivity contribution in [2.24, 2.45) is 0 Å². The molecule has 226 valence electrons. The molecule has 1 aromatic carbocycles. The number of halogens is 4. The van der Waals surface area contributed by atoms with Crippen molar-refractivity contribution in [3.05, 3.63) is 83.7 Å². The molecule has 1 aliphatic carbocycles. The van der Waals surface area contributed by atoms with E-state index in [1.807, 2.05) is 24.8 Å². The zero-order valence-electron chi connectivity index (χ0n) is 24.1. The van der Waals surface area contributed by atoms with Gasteiger partial charge in [0.15, 0.2) is 0 Å². The van der Waals surface area contributed by atoms with Crippen molar-refractivity contribution < 1.29 is 27.2 Å². The van der Waals surface area contributed by atoms with E-state index in [4.69, 9.17) is 0 Å². The van der Waals surface area contributed by atoms with E-state index in [0.29, 0.717) is 31.6 Å². The fourth-order valence-electron chi connectivity index (χ4n) is 5.66. The summed E-state index contributed by atoms with van der Waals surface area (Å²) in [5, 5.41) is 8.74. The number of hydrogen-bond acceptors (Lipinski definition) is 5. The zero-order chi connectivity index (χ0) is 30.7. The van der Waals surface area contributed by atoms with Crippen LogP contribution in [0.15, 0.2) is 60.8 Å². The molecule has 3 N–H and O–H groups in total. The lowest BCUT2D eigenvalue weighted by molar-refractivity contribution is -0.131. The van der Waals surface area contributed by atoms with Crippen LogP contribution in [0.4, 0.5) is 17.6 Å². The Morgan fingerprint density at radius 2 is 1.83 bits per heavy atom. The Morgan fingerprint density at radius 3 is 2.43 bits per heavy atom. The number of pyridine rings is 1. The number of nitrogens with one attached hydrogen (secondary N) is 3. The van der Waals surface area contributed by atoms with Gasteiger partial charge in [-0.05, 0) is 57.0 Å². The van der Waals surface area contributed by atoms with Crippen LogP contribution in [0.2, 0.25) is 0 Å². The molecule has 0 spiro atoms. The molecule has 11 heteroatoms. The second kappa shape index (κ2) is 12.2. The number of carbonyl (C=O) groups excluding carboxylic acids is 2. The van der Waals surface area contributed by atoms with Crippen molar-refractivity contribution in [2.45, 2.75) is 69.0 Å². The third kappa shape index (κ3) is 7.36. The Labute approximate surface area is 243 Å². The van der Waals surface area contributed by atoms with Gasteiger partial charge in [-0.2, -0.15) is 0 Å². The van der Waals surface area contributed by atoms with Crippen LogP contribution in [0.1, 0.15) is 57.2 Å². The molecule has 0 atom stereocenters. The lowest BCUT2D eigenvalue weighted by Crippen LogP contribution is -2.73. The maximum atomic E-state index is 14.4. The molecule has 42 heavy (non-hydrogen) atoms. The SMILES string of the molecule is C=C(/C=C(\NC)c1ccc(F)cc1F)C(=O)NC1(CC(=O)NC(C)(C)c2ccccn2)CN(C2CCC(F)(F)CC2)C1. The first kappa shape index (κ1) is 31.2. The quantitative estimate of drug-likeness (QED) is 0.214. The van der Waals surface area contributed by atoms with E-state index in [0.717, 1.165) is 12.1 Å². The summed E-state index contributed by atoms with van der Waals surface area (Å²) in [6, 6.07) is 8.45. The van der Waals surface area contributed by atoms with Crippen molar-refractivity contribution in [3.8, 4) is 0 Å². The molecular formula is C31H37F4N5O2. The Morgan fingerprint density at radius 1 is 1.14 bits per heavy atom. The van der Waals surface area contributed by atoms with Crippen LogP contribution < -0.4 is 16.0 Å². The number of rotatable bonds is 10. The predicted octanol–water partition coefficient (Wildman–Crippen LogP) is 4.67. The summed E-state index contributed by atoms with van der Waals surface area (Å²) in [4.78, 5) is 33.0. The van der Waals surface area contributed by atoms with Crippen LogP contribution in [-0.4, -0.2) is 59.3 Å². The van der Waals surface area contributed by atoms with Gasteiger partial charge in [0.05, 0.1) is 23.2 Å². The molecule has 0 radical (unpaired) electrons. The average molecular weight is 588 g/mol. The number of likely N-dealkylation sites (tertiary alicyclic amines) is 1. The van der Waals surface area contributed by atoms with Gasteiger partial charge in [0.1, 0.15) is 11.6 Å². The summed E-state index contributed by atoms with van der Waals surface area (Å²) in [6.45, 7) is 8.09. The highest BCUT2D eigenvalue weighted by Crippen LogP contribution is 2.39. The summed E-state index contributed by atoms with van der Waals surface area (Å²) in [6.07, 6.45) is 3.21. The summed E-state index contributed by atoms with van der Waals surface area (Å²) in [5.41, 5.74) is -0.820. The van der Waals surface area contributed by atoms with E-state index in [1.165, 1.54) is 19.2 Å². The number of amides is 2. The van der Waals surface area contributed by atoms with Gasteiger partial charge in [-0.1, -0.05) is 12.6 Å². The third-order valence-electron chi connectivity index (χ3n) is 7.95. The first-order valence-electron chi connectivity index (χ1n) is 13.9. The minimum absolute atomic E-state index is 0.00701. The Bertz CT molecular complexity index is 1350. The van der Waals surface area contributed by atoms with Gasteiger partial charge in [0, 0.05) is 68.1 Å². The average Bonchev–Trinajstić information content (AvgIpc) is 2.90. The molecule has 2 heterocycles. The number of hydrogen-bond donors (Lipinski definition) is 3. The molecule has 0 bridgehead atoms. The molecule has 1 aromatic heterocycles. The lowest BCUT2D eigenvalue weighted by Gasteiger charge is -2.54. The smallest absolute Gasteiger partial charge is 0.251 e. The maximum absolute atomic E-state index is 14.4. The molecular weight excluding hydrogens is 550 g/mol. The van der Waals surface area contributed by atoms with Crippen molar-refractivity contribution in [2.75, 3.05) is 20.1 Å². The molecule has 1 saturated heterocycles. The first-order chi connectivity index (χ1) is 19.7. The monoisotopic (exact) mass is 587 g/mol. The lowest BCUT2D eigenvalue weighted by atomic mass is 9.80. The Kier molecular flexibility index (Phi) is 9.10. The fraction of sp³-hybridized carbons (Fsp3) is 0.452. The van der Waals surface area contributed by atoms with Crippen molar-refractivity contribution >= 4 is 17.5 Å². The van der Waals surface area contributed by atoms with Gasteiger partial charge in [-0.25, -0.2) is 17.6 Å². The van der Waals surface area contributed by atoms with Gasteiger partial charge in [-0.3, -0.25) is 19.5 Å². The van der Waals surface area contributed by atoms with E-state index >= 15 is 0 Å². The highest BCUT2D eigenvalue weighted by Gasteiger charge is 2.50. The summed E-state index contributed by atoms with van der Waals surface area (Å²) < 4.78 is 55.3. The highest BCUT2D eigenvalue weighted by molar-refractivity contribution is 5.98. The standard InChI is InChI=1S/C31H37F4N5O2/c1-20(15-25(36-4)23-9-8-21(32)16-24(23)33)28(42)39-30(18-40(19-30)22-10-12-31(34,35)13-11-22)17-27(41)38-29(2,3)26-7-5-6-14-37-26/h5-9,14-16,22,36H,1,10-13,17-19H2,2-4H3,(H,38,41)(H,39,42)/b25-15-. The third-order valence-corrected chi connectivity index (χ3v) is 7.95. The molecule has 4 rings (SSSR count). The minimum Gasteiger partial charge on any atom is -0.388 e. The van der Waals surface area contributed by atoms with Crippen LogP contribution >= 0.6 is 0 Å². The van der Waals surface area contributed by atoms with E-state index in [9.17, 15) is 27.2 Å². The molecule has 2 aromatic rings. The van der Waals surface area contributed by atoms with Gasteiger partial charge < -0.3 is 16.0 Å². The van der Waals surface area contributed by atoms with Gasteiger partial charge in [-0.15, -0.1) is 0 Å². The largest absolute Gasteiger partial charge is 0.388 e. The van der Waals surface area contributed by atoms with E-state index in [2.05, 4.69) is 27.5 Å². The number of carbonyl (C=O) groups is 2. The molecule has 2 fully saturated rings. The van der Waals surface area contributed by atoms with Crippen LogP contribution in [-0.2, 0) is 15.1 Å². The van der Waals surface area contributed by atoms with E-state index in [-0.39, 0.29) is 48.0 Å². The number of benzene rings is 1. The summed E-state index contributed by atoms with van der Waals surface area (Å²) in [7, 11) is 1.53. The Hall–Kier alpha value is -3.73. The fourth-order valence-corrected chi connectivity index (χ4v) is 5.66. The summed E-state index contributed by atoms with van der Waals surface area (Å²) in [5.74, 6) is -5.09. The molecule has 0 unspecified atom stereocenters.